The summed E-state index contributed by atoms with van der Waals surface area (Å²) < 4.78 is 18.7. The smallest absolute Gasteiger partial charge is 0.340 e. The molecule has 0 heterocycles. The number of amides is 1. The Balaban J connectivity index is 2.03. The average molecular weight is 333 g/mol. The van der Waals surface area contributed by atoms with Gasteiger partial charge in [0.1, 0.15) is 5.82 Å². The highest BCUT2D eigenvalue weighted by Gasteiger charge is 2.21. The van der Waals surface area contributed by atoms with E-state index in [0.717, 1.165) is 4.90 Å². The minimum atomic E-state index is -1.04. The fourth-order valence-electron chi connectivity index (χ4n) is 1.89. The Morgan fingerprint density at radius 1 is 1.13 bits per heavy atom. The number of benzene rings is 2. The lowest BCUT2D eigenvalue weighted by atomic mass is 10.2. The Kier molecular flexibility index (Phi) is 5.76. The standard InChI is InChI=1S/C17H16FNO3S/c1-11(16(20)19-14-9-5-4-8-13(14)18)22-17(21)12-7-3-6-10-15(12)23-2/h3-11H,1-2H3,(H,19,20). The summed E-state index contributed by atoms with van der Waals surface area (Å²) >= 11 is 1.41. The molecule has 0 aliphatic rings. The number of esters is 1. The lowest BCUT2D eigenvalue weighted by Gasteiger charge is -2.15. The zero-order valence-corrected chi connectivity index (χ0v) is 13.5. The number of carbonyl (C=O) groups is 2. The van der Waals surface area contributed by atoms with Gasteiger partial charge >= 0.3 is 5.97 Å². The molecule has 0 aliphatic carbocycles. The van der Waals surface area contributed by atoms with Gasteiger partial charge in [0, 0.05) is 4.90 Å². The van der Waals surface area contributed by atoms with Crippen LogP contribution in [0.25, 0.3) is 0 Å². The number of anilines is 1. The summed E-state index contributed by atoms with van der Waals surface area (Å²) in [4.78, 5) is 25.0. The second-order valence-electron chi connectivity index (χ2n) is 4.72. The van der Waals surface area contributed by atoms with Crippen molar-refractivity contribution < 1.29 is 18.7 Å². The number of hydrogen-bond donors (Lipinski definition) is 1. The van der Waals surface area contributed by atoms with Crippen LogP contribution in [0.3, 0.4) is 0 Å². The molecule has 6 heteroatoms. The van der Waals surface area contributed by atoms with Gasteiger partial charge in [-0.05, 0) is 37.4 Å². The SMILES string of the molecule is CSc1ccccc1C(=O)OC(C)C(=O)Nc1ccccc1F. The molecule has 2 rings (SSSR count). The maximum Gasteiger partial charge on any atom is 0.340 e. The van der Waals surface area contributed by atoms with Crippen LogP contribution in [0.1, 0.15) is 17.3 Å². The van der Waals surface area contributed by atoms with Crippen LogP contribution in [0.5, 0.6) is 0 Å². The maximum atomic E-state index is 13.5. The molecule has 0 aromatic heterocycles. The van der Waals surface area contributed by atoms with E-state index in [2.05, 4.69) is 5.32 Å². The number of nitrogens with one attached hydrogen (secondary N) is 1. The molecular formula is C17H16FNO3S. The Hall–Kier alpha value is -2.34. The normalized spacial score (nSPS) is 11.6. The summed E-state index contributed by atoms with van der Waals surface area (Å²) in [6.07, 6.45) is 0.803. The van der Waals surface area contributed by atoms with Crippen molar-refractivity contribution in [3.8, 4) is 0 Å². The summed E-state index contributed by atoms with van der Waals surface area (Å²) in [6.45, 7) is 1.44. The quantitative estimate of drug-likeness (QED) is 0.669. The first-order valence-corrected chi connectivity index (χ1v) is 8.14. The predicted octanol–water partition coefficient (Wildman–Crippen LogP) is 3.73. The minimum absolute atomic E-state index is 0.0462. The molecule has 0 spiro atoms. The van der Waals surface area contributed by atoms with Crippen molar-refractivity contribution in [3.05, 3.63) is 59.9 Å². The van der Waals surface area contributed by atoms with Gasteiger partial charge in [-0.3, -0.25) is 4.79 Å². The molecule has 0 saturated carbocycles. The minimum Gasteiger partial charge on any atom is -0.449 e. The van der Waals surface area contributed by atoms with E-state index in [1.165, 1.54) is 36.9 Å². The molecule has 0 bridgehead atoms. The summed E-state index contributed by atoms with van der Waals surface area (Å²) in [5.74, 6) is -1.73. The van der Waals surface area contributed by atoms with Crippen molar-refractivity contribution in [2.45, 2.75) is 17.9 Å². The van der Waals surface area contributed by atoms with Crippen LogP contribution in [-0.2, 0) is 9.53 Å². The summed E-state index contributed by atoms with van der Waals surface area (Å²) in [6, 6.07) is 12.8. The van der Waals surface area contributed by atoms with Gasteiger partial charge in [0.25, 0.3) is 5.91 Å². The van der Waals surface area contributed by atoms with E-state index in [1.54, 1.807) is 24.3 Å². The number of hydrogen-bond acceptors (Lipinski definition) is 4. The monoisotopic (exact) mass is 333 g/mol. The Bertz CT molecular complexity index is 720. The average Bonchev–Trinajstić information content (AvgIpc) is 2.56. The zero-order chi connectivity index (χ0) is 16.8. The topological polar surface area (TPSA) is 55.4 Å². The second-order valence-corrected chi connectivity index (χ2v) is 5.56. The molecular weight excluding hydrogens is 317 g/mol. The predicted molar refractivity (Wildman–Crippen MR) is 88.1 cm³/mol. The fourth-order valence-corrected chi connectivity index (χ4v) is 2.47. The Morgan fingerprint density at radius 3 is 2.48 bits per heavy atom. The van der Waals surface area contributed by atoms with E-state index in [0.29, 0.717) is 5.56 Å². The van der Waals surface area contributed by atoms with Crippen molar-refractivity contribution in [1.82, 2.24) is 0 Å². The van der Waals surface area contributed by atoms with Crippen LogP contribution in [0.2, 0.25) is 0 Å². The third kappa shape index (κ3) is 4.32. The van der Waals surface area contributed by atoms with Crippen LogP contribution in [0, 0.1) is 5.82 Å². The van der Waals surface area contributed by atoms with Gasteiger partial charge in [-0.2, -0.15) is 0 Å². The van der Waals surface area contributed by atoms with E-state index in [9.17, 15) is 14.0 Å². The molecule has 2 aromatic rings. The van der Waals surface area contributed by atoms with E-state index >= 15 is 0 Å². The molecule has 0 fully saturated rings. The number of para-hydroxylation sites is 1. The molecule has 2 aromatic carbocycles. The van der Waals surface area contributed by atoms with Crippen molar-refractivity contribution in [2.75, 3.05) is 11.6 Å². The number of ether oxygens (including phenoxy) is 1. The molecule has 1 amide bonds. The fraction of sp³-hybridized carbons (Fsp3) is 0.176. The number of thioether (sulfide) groups is 1. The first-order valence-electron chi connectivity index (χ1n) is 6.92. The molecule has 0 saturated heterocycles. The molecule has 23 heavy (non-hydrogen) atoms. The van der Waals surface area contributed by atoms with Gasteiger partial charge in [-0.1, -0.05) is 24.3 Å². The summed E-state index contributed by atoms with van der Waals surface area (Å²) in [5.41, 5.74) is 0.440. The molecule has 4 nitrogen and oxygen atoms in total. The van der Waals surface area contributed by atoms with Crippen LogP contribution in [-0.4, -0.2) is 24.2 Å². The highest BCUT2D eigenvalue weighted by atomic mass is 32.2. The van der Waals surface area contributed by atoms with E-state index in [-0.39, 0.29) is 5.69 Å². The molecule has 0 radical (unpaired) electrons. The van der Waals surface area contributed by atoms with Gasteiger partial charge < -0.3 is 10.1 Å². The number of halogens is 1. The van der Waals surface area contributed by atoms with Gasteiger partial charge in [0.15, 0.2) is 6.10 Å². The Labute approximate surface area is 138 Å². The number of rotatable bonds is 5. The molecule has 1 unspecified atom stereocenters. The Morgan fingerprint density at radius 2 is 1.78 bits per heavy atom. The third-order valence-electron chi connectivity index (χ3n) is 3.11. The van der Waals surface area contributed by atoms with Crippen LogP contribution in [0.4, 0.5) is 10.1 Å². The lowest BCUT2D eigenvalue weighted by molar-refractivity contribution is -0.123. The van der Waals surface area contributed by atoms with Crippen molar-refractivity contribution in [3.63, 3.8) is 0 Å². The lowest BCUT2D eigenvalue weighted by Crippen LogP contribution is -2.30. The van der Waals surface area contributed by atoms with Gasteiger partial charge in [0.05, 0.1) is 11.3 Å². The van der Waals surface area contributed by atoms with Gasteiger partial charge in [0.2, 0.25) is 0 Å². The van der Waals surface area contributed by atoms with E-state index in [1.807, 2.05) is 12.3 Å². The molecule has 1 atom stereocenters. The summed E-state index contributed by atoms with van der Waals surface area (Å²) in [5, 5.41) is 2.40. The first kappa shape index (κ1) is 17.0. The van der Waals surface area contributed by atoms with Crippen molar-refractivity contribution >= 4 is 29.3 Å². The summed E-state index contributed by atoms with van der Waals surface area (Å²) in [7, 11) is 0. The largest absolute Gasteiger partial charge is 0.449 e. The van der Waals surface area contributed by atoms with Crippen LogP contribution < -0.4 is 5.32 Å². The number of carbonyl (C=O) groups excluding carboxylic acids is 2. The van der Waals surface area contributed by atoms with E-state index in [4.69, 9.17) is 4.74 Å². The van der Waals surface area contributed by atoms with Crippen molar-refractivity contribution in [1.29, 1.82) is 0 Å². The van der Waals surface area contributed by atoms with Crippen molar-refractivity contribution in [2.24, 2.45) is 0 Å². The van der Waals surface area contributed by atoms with Crippen LogP contribution >= 0.6 is 11.8 Å². The van der Waals surface area contributed by atoms with Gasteiger partial charge in [-0.25, -0.2) is 9.18 Å². The highest BCUT2D eigenvalue weighted by Crippen LogP contribution is 2.21. The maximum absolute atomic E-state index is 13.5. The van der Waals surface area contributed by atoms with Crippen LogP contribution in [0.15, 0.2) is 53.4 Å². The third-order valence-corrected chi connectivity index (χ3v) is 3.91. The second kappa shape index (κ2) is 7.78. The van der Waals surface area contributed by atoms with E-state index < -0.39 is 23.8 Å². The molecule has 120 valence electrons. The van der Waals surface area contributed by atoms with Gasteiger partial charge in [-0.15, -0.1) is 11.8 Å². The first-order chi connectivity index (χ1) is 11.0. The zero-order valence-electron chi connectivity index (χ0n) is 12.7. The molecule has 0 aliphatic heterocycles. The highest BCUT2D eigenvalue weighted by molar-refractivity contribution is 7.98. The molecule has 1 N–H and O–H groups in total.